The molecule has 0 aromatic heterocycles. The lowest BCUT2D eigenvalue weighted by atomic mass is 9.85. The molecule has 1 saturated carbocycles. The van der Waals surface area contributed by atoms with Gasteiger partial charge in [-0.2, -0.15) is 0 Å². The van der Waals surface area contributed by atoms with Crippen LogP contribution in [-0.4, -0.2) is 0 Å². The molecule has 0 heterocycles. The lowest BCUT2D eigenvalue weighted by Crippen LogP contribution is -2.12. The van der Waals surface area contributed by atoms with Gasteiger partial charge in [-0.05, 0) is 45.9 Å². The zero-order valence-corrected chi connectivity index (χ0v) is 21.7. The molecule has 4 aromatic rings. The van der Waals surface area contributed by atoms with Crippen molar-refractivity contribution in [2.24, 2.45) is 10.8 Å². The summed E-state index contributed by atoms with van der Waals surface area (Å²) >= 11 is 0. The molecule has 3 unspecified atom stereocenters. The molecule has 0 radical (unpaired) electrons. The summed E-state index contributed by atoms with van der Waals surface area (Å²) in [6.45, 7) is 6.26. The Morgan fingerprint density at radius 3 is 2.17 bits per heavy atom. The van der Waals surface area contributed by atoms with E-state index in [1.54, 1.807) is 0 Å². The van der Waals surface area contributed by atoms with E-state index in [0.29, 0.717) is 16.7 Å². The molecule has 36 heavy (non-hydrogen) atoms. The molecule has 180 valence electrons. The van der Waals surface area contributed by atoms with Gasteiger partial charge in [0.2, 0.25) is 0 Å². The van der Waals surface area contributed by atoms with E-state index in [0.717, 1.165) is 0 Å². The van der Waals surface area contributed by atoms with Crippen LogP contribution in [-0.2, 0) is 6.42 Å². The number of benzene rings is 4. The topological polar surface area (TPSA) is 0 Å². The maximum atomic E-state index is 2.42. The fourth-order valence-corrected chi connectivity index (χ4v) is 5.80. The molecule has 4 aromatic carbocycles. The first-order valence-corrected chi connectivity index (χ1v) is 13.4. The van der Waals surface area contributed by atoms with Crippen LogP contribution in [0.1, 0.15) is 55.4 Å². The van der Waals surface area contributed by atoms with Crippen LogP contribution in [0.4, 0.5) is 0 Å². The van der Waals surface area contributed by atoms with Gasteiger partial charge in [0.1, 0.15) is 0 Å². The van der Waals surface area contributed by atoms with Gasteiger partial charge in [-0.3, -0.25) is 0 Å². The van der Waals surface area contributed by atoms with Crippen LogP contribution in [0, 0.1) is 10.8 Å². The minimum atomic E-state index is 0.334. The van der Waals surface area contributed by atoms with Gasteiger partial charge in [-0.1, -0.05) is 154 Å². The molecule has 0 spiro atoms. The van der Waals surface area contributed by atoms with Crippen LogP contribution in [0.2, 0.25) is 0 Å². The summed E-state index contributed by atoms with van der Waals surface area (Å²) in [6, 6.07) is 34.7. The van der Waals surface area contributed by atoms with Crippen molar-refractivity contribution >= 4 is 16.8 Å². The minimum Gasteiger partial charge on any atom is -0.0768 e. The third-order valence-electron chi connectivity index (χ3n) is 8.02. The number of allylic oxidation sites excluding steroid dienone is 5. The van der Waals surface area contributed by atoms with Gasteiger partial charge in [0.15, 0.2) is 0 Å². The molecule has 0 amide bonds. The average molecular weight is 469 g/mol. The van der Waals surface area contributed by atoms with Crippen LogP contribution in [0.15, 0.2) is 127 Å². The standard InChI is InChI=1S/C18H16.C16H14.C2H6/c1-14(15-7-3-2-4-8-15)17-12-11-16-9-5-6-10-18(16)13-17;1-2-6-14-11-16-9-4-3-8-15(16,12-16)10-7-13(14)5-1;1-2/h2-14H,1H3;1-10H,11-12H2;1-2H3. The molecule has 0 aliphatic heterocycles. The Hall–Kier alpha value is -3.64. The molecular weight excluding hydrogens is 432 g/mol. The first kappa shape index (κ1) is 24.1. The predicted octanol–water partition coefficient (Wildman–Crippen LogP) is 9.78. The summed E-state index contributed by atoms with van der Waals surface area (Å²) in [6.07, 6.45) is 16.4. The smallest absolute Gasteiger partial charge is 0.0171 e. The number of hydrogen-bond acceptors (Lipinski definition) is 0. The molecule has 1 fully saturated rings. The van der Waals surface area contributed by atoms with Gasteiger partial charge in [0, 0.05) is 16.7 Å². The van der Waals surface area contributed by atoms with Gasteiger partial charge in [-0.25, -0.2) is 0 Å². The third kappa shape index (κ3) is 4.49. The summed E-state index contributed by atoms with van der Waals surface area (Å²) in [4.78, 5) is 0. The van der Waals surface area contributed by atoms with E-state index < -0.39 is 0 Å². The summed E-state index contributed by atoms with van der Waals surface area (Å²) in [7, 11) is 0. The Morgan fingerprint density at radius 2 is 1.33 bits per heavy atom. The number of rotatable bonds is 2. The molecule has 3 atom stereocenters. The summed E-state index contributed by atoms with van der Waals surface area (Å²) in [5, 5.41) is 2.62. The van der Waals surface area contributed by atoms with Gasteiger partial charge in [-0.15, -0.1) is 0 Å². The minimum absolute atomic E-state index is 0.334. The Balaban J connectivity index is 0.000000139. The Kier molecular flexibility index (Phi) is 6.79. The second-order valence-electron chi connectivity index (χ2n) is 10.0. The van der Waals surface area contributed by atoms with E-state index in [1.807, 2.05) is 13.8 Å². The molecule has 3 aliphatic rings. The number of fused-ring (bicyclic) bond motifs is 2. The highest BCUT2D eigenvalue weighted by Crippen LogP contribution is 2.70. The van der Waals surface area contributed by atoms with Gasteiger partial charge < -0.3 is 0 Å². The average Bonchev–Trinajstić information content (AvgIpc) is 3.64. The van der Waals surface area contributed by atoms with Crippen molar-refractivity contribution in [3.63, 3.8) is 0 Å². The van der Waals surface area contributed by atoms with Crippen LogP contribution in [0.25, 0.3) is 16.8 Å². The highest BCUT2D eigenvalue weighted by atomic mass is 14.7. The molecule has 0 bridgehead atoms. The monoisotopic (exact) mass is 468 g/mol. The lowest BCUT2D eigenvalue weighted by molar-refractivity contribution is 0.546. The molecule has 0 saturated heterocycles. The maximum Gasteiger partial charge on any atom is 0.0171 e. The SMILES string of the molecule is C1=CC23C=Cc4ccccc4CC2(C=C1)C3.CC.CC(c1ccccc1)c1ccc2ccccc2c1. The lowest BCUT2D eigenvalue weighted by Gasteiger charge is -2.19. The first-order valence-electron chi connectivity index (χ1n) is 13.4. The van der Waals surface area contributed by atoms with Crippen molar-refractivity contribution in [1.29, 1.82) is 0 Å². The largest absolute Gasteiger partial charge is 0.0768 e. The maximum absolute atomic E-state index is 2.42. The van der Waals surface area contributed by atoms with Gasteiger partial charge >= 0.3 is 0 Å². The van der Waals surface area contributed by atoms with E-state index in [2.05, 4.69) is 140 Å². The second kappa shape index (κ2) is 10.2. The van der Waals surface area contributed by atoms with E-state index in [4.69, 9.17) is 0 Å². The molecule has 0 heteroatoms. The third-order valence-corrected chi connectivity index (χ3v) is 8.02. The van der Waals surface area contributed by atoms with Crippen LogP contribution < -0.4 is 0 Å². The van der Waals surface area contributed by atoms with Crippen molar-refractivity contribution in [2.75, 3.05) is 0 Å². The fourth-order valence-electron chi connectivity index (χ4n) is 5.80. The summed E-state index contributed by atoms with van der Waals surface area (Å²) in [5.74, 6) is 0.441. The van der Waals surface area contributed by atoms with E-state index in [9.17, 15) is 0 Å². The second-order valence-corrected chi connectivity index (χ2v) is 10.0. The number of hydrogen-bond donors (Lipinski definition) is 0. The van der Waals surface area contributed by atoms with Gasteiger partial charge in [0.25, 0.3) is 0 Å². The Morgan fingerprint density at radius 1 is 0.639 bits per heavy atom. The molecule has 0 N–H and O–H groups in total. The molecular formula is C36H36. The highest BCUT2D eigenvalue weighted by Gasteiger charge is 2.63. The predicted molar refractivity (Wildman–Crippen MR) is 156 cm³/mol. The Bertz CT molecular complexity index is 1420. The zero-order chi connectivity index (χ0) is 25.0. The van der Waals surface area contributed by atoms with Crippen molar-refractivity contribution in [2.45, 2.75) is 39.5 Å². The Labute approximate surface area is 216 Å². The van der Waals surface area contributed by atoms with E-state index in [1.165, 1.54) is 45.9 Å². The molecule has 7 rings (SSSR count). The molecule has 0 nitrogen and oxygen atoms in total. The quantitative estimate of drug-likeness (QED) is 0.275. The normalized spacial score (nSPS) is 23.0. The van der Waals surface area contributed by atoms with Crippen molar-refractivity contribution < 1.29 is 0 Å². The highest BCUT2D eigenvalue weighted by molar-refractivity contribution is 5.83. The van der Waals surface area contributed by atoms with Crippen LogP contribution in [0.3, 0.4) is 0 Å². The summed E-state index contributed by atoms with van der Waals surface area (Å²) in [5.41, 5.74) is 6.37. The molecule has 3 aliphatic carbocycles. The van der Waals surface area contributed by atoms with Crippen LogP contribution >= 0.6 is 0 Å². The van der Waals surface area contributed by atoms with Crippen molar-refractivity contribution in [1.82, 2.24) is 0 Å². The van der Waals surface area contributed by atoms with E-state index >= 15 is 0 Å². The van der Waals surface area contributed by atoms with E-state index in [-0.39, 0.29) is 0 Å². The zero-order valence-electron chi connectivity index (χ0n) is 21.7. The van der Waals surface area contributed by atoms with Crippen molar-refractivity contribution in [3.8, 4) is 0 Å². The summed E-state index contributed by atoms with van der Waals surface area (Å²) < 4.78 is 0. The van der Waals surface area contributed by atoms with Gasteiger partial charge in [0.05, 0.1) is 0 Å². The van der Waals surface area contributed by atoms with Crippen LogP contribution in [0.5, 0.6) is 0 Å². The fraction of sp³-hybridized carbons (Fsp3) is 0.222. The first-order chi connectivity index (χ1) is 17.7. The van der Waals surface area contributed by atoms with Crippen molar-refractivity contribution in [3.05, 3.63) is 150 Å².